The molecule has 0 amide bonds. The molecule has 0 atom stereocenters. The zero-order chi connectivity index (χ0) is 31.7. The molecule has 1 aliphatic carbocycles. The van der Waals surface area contributed by atoms with E-state index in [2.05, 4.69) is 163 Å². The fraction of sp³-hybridized carbons (Fsp3) is 0.0667. The standard InChI is InChI=1S/C45H30N2O/c1-45(2)37-23-27(46-39-15-7-3-11-31(39)32-12-4-8-16-40(32)46)19-21-29(37)30-22-20-28(24-38(30)45)47-41-17-9-5-13-33(41)35-25-36-34-14-6-10-18-43(34)48-44(36)26-42(35)47/h3-26H,1-2H3. The Morgan fingerprint density at radius 3 is 1.46 bits per heavy atom. The van der Waals surface area contributed by atoms with Gasteiger partial charge in [-0.3, -0.25) is 0 Å². The summed E-state index contributed by atoms with van der Waals surface area (Å²) in [6.45, 7) is 4.75. The van der Waals surface area contributed by atoms with Gasteiger partial charge >= 0.3 is 0 Å². The predicted octanol–water partition coefficient (Wildman–Crippen LogP) is 12.1. The quantitative estimate of drug-likeness (QED) is 0.190. The minimum absolute atomic E-state index is 0.180. The topological polar surface area (TPSA) is 23.0 Å². The summed E-state index contributed by atoms with van der Waals surface area (Å²) in [6, 6.07) is 53.2. The van der Waals surface area contributed by atoms with Gasteiger partial charge in [0.2, 0.25) is 0 Å². The second kappa shape index (κ2) is 9.05. The average Bonchev–Trinajstić information content (AvgIpc) is 3.82. The maximum atomic E-state index is 6.38. The zero-order valence-corrected chi connectivity index (χ0v) is 26.7. The SMILES string of the molecule is CC1(C)c2cc(-n3c4ccccc4c4ccccc43)ccc2-c2ccc(-n3c4ccccc4c4cc5c(cc43)oc3ccccc35)cc21. The summed E-state index contributed by atoms with van der Waals surface area (Å²) in [7, 11) is 0. The van der Waals surface area contributed by atoms with E-state index in [-0.39, 0.29) is 5.41 Å². The van der Waals surface area contributed by atoms with Crippen LogP contribution in [0.2, 0.25) is 0 Å². The number of furan rings is 1. The van der Waals surface area contributed by atoms with Crippen molar-refractivity contribution in [3.05, 3.63) is 157 Å². The third-order valence-electron chi connectivity index (χ3n) is 10.9. The van der Waals surface area contributed by atoms with Gasteiger partial charge in [0.1, 0.15) is 11.2 Å². The molecule has 3 heteroatoms. The van der Waals surface area contributed by atoms with E-state index in [4.69, 9.17) is 4.42 Å². The highest BCUT2D eigenvalue weighted by atomic mass is 16.3. The third kappa shape index (κ3) is 3.28. The first-order valence-corrected chi connectivity index (χ1v) is 16.7. The minimum atomic E-state index is -0.180. The van der Waals surface area contributed by atoms with Crippen molar-refractivity contribution in [2.24, 2.45) is 0 Å². The Bertz CT molecular complexity index is 2930. The Morgan fingerprint density at radius 2 is 0.875 bits per heavy atom. The number of hydrogen-bond acceptors (Lipinski definition) is 1. The van der Waals surface area contributed by atoms with E-state index in [0.717, 1.165) is 27.5 Å². The molecule has 48 heavy (non-hydrogen) atoms. The van der Waals surface area contributed by atoms with Crippen LogP contribution < -0.4 is 0 Å². The first-order valence-electron chi connectivity index (χ1n) is 16.7. The van der Waals surface area contributed by atoms with Crippen molar-refractivity contribution in [1.82, 2.24) is 9.13 Å². The van der Waals surface area contributed by atoms with Crippen molar-refractivity contribution >= 4 is 65.6 Å². The van der Waals surface area contributed by atoms with E-state index in [1.165, 1.54) is 71.7 Å². The summed E-state index contributed by atoms with van der Waals surface area (Å²) in [5, 5.41) is 7.37. The van der Waals surface area contributed by atoms with Crippen LogP contribution in [-0.2, 0) is 5.41 Å². The smallest absolute Gasteiger partial charge is 0.137 e. The molecule has 0 unspecified atom stereocenters. The second-order valence-electron chi connectivity index (χ2n) is 13.8. The summed E-state index contributed by atoms with van der Waals surface area (Å²) >= 11 is 0. The number of benzene rings is 7. The molecule has 0 bridgehead atoms. The molecule has 0 fully saturated rings. The van der Waals surface area contributed by atoms with Crippen LogP contribution in [-0.4, -0.2) is 9.13 Å². The summed E-state index contributed by atoms with van der Waals surface area (Å²) in [6.07, 6.45) is 0. The molecule has 3 aromatic heterocycles. The average molecular weight is 615 g/mol. The van der Waals surface area contributed by atoms with E-state index in [9.17, 15) is 0 Å². The monoisotopic (exact) mass is 614 g/mol. The molecule has 11 rings (SSSR count). The molecule has 3 heterocycles. The van der Waals surface area contributed by atoms with Crippen LogP contribution in [0.1, 0.15) is 25.0 Å². The number of aromatic nitrogens is 2. The molecule has 10 aromatic rings. The lowest BCUT2D eigenvalue weighted by Gasteiger charge is -2.23. The molecule has 7 aromatic carbocycles. The van der Waals surface area contributed by atoms with E-state index in [1.807, 2.05) is 6.07 Å². The van der Waals surface area contributed by atoms with Crippen LogP contribution in [0.15, 0.2) is 150 Å². The highest BCUT2D eigenvalue weighted by Crippen LogP contribution is 2.51. The van der Waals surface area contributed by atoms with Crippen molar-refractivity contribution < 1.29 is 4.42 Å². The lowest BCUT2D eigenvalue weighted by atomic mass is 9.82. The number of para-hydroxylation sites is 4. The molecule has 0 saturated heterocycles. The van der Waals surface area contributed by atoms with Gasteiger partial charge in [-0.1, -0.05) is 98.8 Å². The Kier molecular flexibility index (Phi) is 4.91. The van der Waals surface area contributed by atoms with Gasteiger partial charge in [-0.15, -0.1) is 0 Å². The maximum Gasteiger partial charge on any atom is 0.137 e. The molecular weight excluding hydrogens is 585 g/mol. The molecule has 3 nitrogen and oxygen atoms in total. The molecule has 0 saturated carbocycles. The van der Waals surface area contributed by atoms with E-state index >= 15 is 0 Å². The van der Waals surface area contributed by atoms with Crippen LogP contribution in [0.3, 0.4) is 0 Å². The molecule has 0 spiro atoms. The Hall–Kier alpha value is -6.06. The largest absolute Gasteiger partial charge is 0.456 e. The normalized spacial score (nSPS) is 13.8. The van der Waals surface area contributed by atoms with Gasteiger partial charge in [-0.25, -0.2) is 0 Å². The maximum absolute atomic E-state index is 6.38. The highest BCUT2D eigenvalue weighted by Gasteiger charge is 2.36. The summed E-state index contributed by atoms with van der Waals surface area (Å²) < 4.78 is 11.2. The van der Waals surface area contributed by atoms with E-state index in [1.54, 1.807) is 0 Å². The van der Waals surface area contributed by atoms with Gasteiger partial charge < -0.3 is 13.6 Å². The fourth-order valence-corrected chi connectivity index (χ4v) is 8.66. The van der Waals surface area contributed by atoms with Crippen molar-refractivity contribution in [3.8, 4) is 22.5 Å². The fourth-order valence-electron chi connectivity index (χ4n) is 8.66. The summed E-state index contributed by atoms with van der Waals surface area (Å²) in [4.78, 5) is 0. The summed E-state index contributed by atoms with van der Waals surface area (Å²) in [5.41, 5.74) is 14.2. The summed E-state index contributed by atoms with van der Waals surface area (Å²) in [5.74, 6) is 0. The van der Waals surface area contributed by atoms with Crippen molar-refractivity contribution in [1.29, 1.82) is 0 Å². The highest BCUT2D eigenvalue weighted by molar-refractivity contribution is 6.17. The molecule has 0 aliphatic heterocycles. The molecule has 0 radical (unpaired) electrons. The number of hydrogen-bond donors (Lipinski definition) is 0. The lowest BCUT2D eigenvalue weighted by Crippen LogP contribution is -2.16. The number of fused-ring (bicyclic) bond motifs is 12. The Morgan fingerprint density at radius 1 is 0.396 bits per heavy atom. The van der Waals surface area contributed by atoms with Crippen LogP contribution in [0.25, 0.3) is 88.1 Å². The van der Waals surface area contributed by atoms with Gasteiger partial charge in [0.25, 0.3) is 0 Å². The van der Waals surface area contributed by atoms with Gasteiger partial charge in [0, 0.05) is 55.2 Å². The van der Waals surface area contributed by atoms with Gasteiger partial charge in [-0.2, -0.15) is 0 Å². The number of rotatable bonds is 2. The van der Waals surface area contributed by atoms with Crippen LogP contribution >= 0.6 is 0 Å². The van der Waals surface area contributed by atoms with Crippen LogP contribution in [0.5, 0.6) is 0 Å². The van der Waals surface area contributed by atoms with Gasteiger partial charge in [0.15, 0.2) is 0 Å². The third-order valence-corrected chi connectivity index (χ3v) is 10.9. The van der Waals surface area contributed by atoms with Crippen molar-refractivity contribution in [2.45, 2.75) is 19.3 Å². The zero-order valence-electron chi connectivity index (χ0n) is 26.7. The van der Waals surface area contributed by atoms with Crippen molar-refractivity contribution in [3.63, 3.8) is 0 Å². The second-order valence-corrected chi connectivity index (χ2v) is 13.8. The molecule has 226 valence electrons. The Balaban J connectivity index is 1.11. The van der Waals surface area contributed by atoms with Gasteiger partial charge in [0.05, 0.1) is 22.1 Å². The number of nitrogens with zero attached hydrogens (tertiary/aromatic N) is 2. The Labute approximate surface area is 276 Å². The lowest BCUT2D eigenvalue weighted by molar-refractivity contribution is 0.659. The van der Waals surface area contributed by atoms with Gasteiger partial charge in [-0.05, 0) is 76.9 Å². The predicted molar refractivity (Wildman–Crippen MR) is 200 cm³/mol. The molecule has 1 aliphatic rings. The van der Waals surface area contributed by atoms with E-state index < -0.39 is 0 Å². The van der Waals surface area contributed by atoms with Crippen LogP contribution in [0.4, 0.5) is 0 Å². The minimum Gasteiger partial charge on any atom is -0.456 e. The molecular formula is C45H30N2O. The van der Waals surface area contributed by atoms with E-state index in [0.29, 0.717) is 0 Å². The van der Waals surface area contributed by atoms with Crippen LogP contribution in [0, 0.1) is 0 Å². The first-order chi connectivity index (χ1) is 23.6. The van der Waals surface area contributed by atoms with Crippen molar-refractivity contribution in [2.75, 3.05) is 0 Å². The first kappa shape index (κ1) is 26.1. The molecule has 0 N–H and O–H groups in total.